The number of aromatic nitrogens is 2. The predicted molar refractivity (Wildman–Crippen MR) is 40.8 cm³/mol. The molecule has 0 fully saturated rings. The molecule has 11 heavy (non-hydrogen) atoms. The molecule has 0 aliphatic heterocycles. The third-order valence-electron chi connectivity index (χ3n) is 1.44. The quantitative estimate of drug-likeness (QED) is 0.653. The summed E-state index contributed by atoms with van der Waals surface area (Å²) in [7, 11) is 0. The number of hydrogen-bond donors (Lipinski definition) is 2. The zero-order valence-electron chi connectivity index (χ0n) is 6.59. The topological polar surface area (TPSA) is 57.8 Å². The fourth-order valence-electron chi connectivity index (χ4n) is 0.886. The second-order valence-electron chi connectivity index (χ2n) is 2.45. The van der Waals surface area contributed by atoms with Crippen molar-refractivity contribution in [2.75, 3.05) is 0 Å². The molecule has 1 aromatic rings. The molecule has 0 aliphatic rings. The van der Waals surface area contributed by atoms with Crippen LogP contribution in [0.25, 0.3) is 0 Å². The minimum Gasteiger partial charge on any atom is -0.350 e. The van der Waals surface area contributed by atoms with Crippen LogP contribution in [0.1, 0.15) is 25.5 Å². The summed E-state index contributed by atoms with van der Waals surface area (Å²) in [6.45, 7) is 3.41. The van der Waals surface area contributed by atoms with Gasteiger partial charge in [0, 0.05) is 18.7 Å². The number of amides is 1. The molecule has 1 amide bonds. The van der Waals surface area contributed by atoms with Crippen LogP contribution in [0.5, 0.6) is 0 Å². The Balaban J connectivity index is 2.56. The van der Waals surface area contributed by atoms with Crippen molar-refractivity contribution in [1.29, 1.82) is 0 Å². The molecule has 0 bridgehead atoms. The lowest BCUT2D eigenvalue weighted by molar-refractivity contribution is -0.119. The summed E-state index contributed by atoms with van der Waals surface area (Å²) < 4.78 is 0. The van der Waals surface area contributed by atoms with Gasteiger partial charge in [0.15, 0.2) is 0 Å². The summed E-state index contributed by atoms with van der Waals surface area (Å²) in [5.41, 5.74) is 0.986. The first kappa shape index (κ1) is 7.78. The van der Waals surface area contributed by atoms with Gasteiger partial charge in [-0.05, 0) is 6.92 Å². The molecule has 1 rings (SSSR count). The average Bonchev–Trinajstić information content (AvgIpc) is 2.35. The molecule has 1 aromatic heterocycles. The maximum Gasteiger partial charge on any atom is 0.217 e. The average molecular weight is 153 g/mol. The Bertz CT molecular complexity index is 230. The lowest BCUT2D eigenvalue weighted by Gasteiger charge is -2.08. The molecule has 60 valence electrons. The fourth-order valence-corrected chi connectivity index (χ4v) is 0.886. The van der Waals surface area contributed by atoms with E-state index in [2.05, 4.69) is 15.5 Å². The zero-order valence-corrected chi connectivity index (χ0v) is 6.59. The molecule has 0 saturated carbocycles. The summed E-state index contributed by atoms with van der Waals surface area (Å²) in [4.78, 5) is 10.6. The van der Waals surface area contributed by atoms with Crippen molar-refractivity contribution in [3.63, 3.8) is 0 Å². The second kappa shape index (κ2) is 3.18. The maximum absolute atomic E-state index is 10.6. The highest BCUT2D eigenvalue weighted by molar-refractivity contribution is 5.73. The molecule has 0 spiro atoms. The minimum atomic E-state index is -0.0290. The molecule has 0 aliphatic carbocycles. The van der Waals surface area contributed by atoms with E-state index < -0.39 is 0 Å². The van der Waals surface area contributed by atoms with Crippen LogP contribution in [0.2, 0.25) is 0 Å². The molecule has 1 atom stereocenters. The standard InChI is InChI=1S/C7H11N3O/c1-5(10-6(2)11)7-3-8-9-4-7/h3-5H,1-2H3,(H,8,9)(H,10,11). The van der Waals surface area contributed by atoms with E-state index in [1.54, 1.807) is 12.4 Å². The molecular formula is C7H11N3O. The number of hydrogen-bond acceptors (Lipinski definition) is 2. The first-order chi connectivity index (χ1) is 5.20. The van der Waals surface area contributed by atoms with Gasteiger partial charge in [0.1, 0.15) is 0 Å². The van der Waals surface area contributed by atoms with Crippen molar-refractivity contribution < 1.29 is 4.79 Å². The number of H-pyrrole nitrogens is 1. The third kappa shape index (κ3) is 2.07. The van der Waals surface area contributed by atoms with E-state index in [4.69, 9.17) is 0 Å². The van der Waals surface area contributed by atoms with Crippen molar-refractivity contribution in [2.45, 2.75) is 19.9 Å². The second-order valence-corrected chi connectivity index (χ2v) is 2.45. The number of nitrogens with one attached hydrogen (secondary N) is 2. The van der Waals surface area contributed by atoms with Crippen LogP contribution in [0.15, 0.2) is 12.4 Å². The van der Waals surface area contributed by atoms with Crippen LogP contribution in [0.3, 0.4) is 0 Å². The van der Waals surface area contributed by atoms with Gasteiger partial charge in [-0.2, -0.15) is 5.10 Å². The van der Waals surface area contributed by atoms with E-state index in [-0.39, 0.29) is 11.9 Å². The SMILES string of the molecule is CC(=O)NC(C)c1cn[nH]c1. The molecule has 4 nitrogen and oxygen atoms in total. The normalized spacial score (nSPS) is 12.5. The van der Waals surface area contributed by atoms with Gasteiger partial charge in [-0.25, -0.2) is 0 Å². The molecule has 0 radical (unpaired) electrons. The number of aromatic amines is 1. The van der Waals surface area contributed by atoms with E-state index >= 15 is 0 Å². The molecule has 1 unspecified atom stereocenters. The first-order valence-corrected chi connectivity index (χ1v) is 3.46. The van der Waals surface area contributed by atoms with Crippen molar-refractivity contribution >= 4 is 5.91 Å². The first-order valence-electron chi connectivity index (χ1n) is 3.46. The van der Waals surface area contributed by atoms with Gasteiger partial charge in [0.25, 0.3) is 0 Å². The monoisotopic (exact) mass is 153 g/mol. The Morgan fingerprint density at radius 1 is 1.82 bits per heavy atom. The highest BCUT2D eigenvalue weighted by Gasteiger charge is 2.05. The van der Waals surface area contributed by atoms with Gasteiger partial charge in [0.2, 0.25) is 5.91 Å². The Morgan fingerprint density at radius 2 is 2.55 bits per heavy atom. The largest absolute Gasteiger partial charge is 0.350 e. The lowest BCUT2D eigenvalue weighted by atomic mass is 10.2. The minimum absolute atomic E-state index is 0.0290. The van der Waals surface area contributed by atoms with E-state index in [9.17, 15) is 4.79 Å². The number of carbonyl (C=O) groups is 1. The number of nitrogens with zero attached hydrogens (tertiary/aromatic N) is 1. The highest BCUT2D eigenvalue weighted by atomic mass is 16.1. The summed E-state index contributed by atoms with van der Waals surface area (Å²) in [6.07, 6.45) is 3.46. The summed E-state index contributed by atoms with van der Waals surface area (Å²) in [6, 6.07) is 0.0336. The lowest BCUT2D eigenvalue weighted by Crippen LogP contribution is -2.23. The summed E-state index contributed by atoms with van der Waals surface area (Å²) in [5.74, 6) is -0.0290. The molecular weight excluding hydrogens is 142 g/mol. The van der Waals surface area contributed by atoms with Crippen LogP contribution in [-0.2, 0) is 4.79 Å². The smallest absolute Gasteiger partial charge is 0.217 e. The van der Waals surface area contributed by atoms with E-state index in [1.165, 1.54) is 6.92 Å². The highest BCUT2D eigenvalue weighted by Crippen LogP contribution is 2.07. The molecule has 0 aromatic carbocycles. The maximum atomic E-state index is 10.6. The van der Waals surface area contributed by atoms with E-state index in [0.29, 0.717) is 0 Å². The van der Waals surface area contributed by atoms with Crippen molar-refractivity contribution in [3.8, 4) is 0 Å². The predicted octanol–water partition coefficient (Wildman–Crippen LogP) is 0.607. The number of carbonyl (C=O) groups excluding carboxylic acids is 1. The van der Waals surface area contributed by atoms with Crippen LogP contribution in [0, 0.1) is 0 Å². The molecule has 0 saturated heterocycles. The summed E-state index contributed by atoms with van der Waals surface area (Å²) in [5, 5.41) is 9.20. The van der Waals surface area contributed by atoms with Crippen LogP contribution >= 0.6 is 0 Å². The van der Waals surface area contributed by atoms with Gasteiger partial charge >= 0.3 is 0 Å². The Morgan fingerprint density at radius 3 is 3.00 bits per heavy atom. The Hall–Kier alpha value is -1.32. The fraction of sp³-hybridized carbons (Fsp3) is 0.429. The van der Waals surface area contributed by atoms with Crippen molar-refractivity contribution in [2.24, 2.45) is 0 Å². The third-order valence-corrected chi connectivity index (χ3v) is 1.44. The molecule has 1 heterocycles. The van der Waals surface area contributed by atoms with Crippen LogP contribution in [-0.4, -0.2) is 16.1 Å². The van der Waals surface area contributed by atoms with Crippen LogP contribution < -0.4 is 5.32 Å². The van der Waals surface area contributed by atoms with Gasteiger partial charge in [0.05, 0.1) is 12.2 Å². The number of rotatable bonds is 2. The summed E-state index contributed by atoms with van der Waals surface area (Å²) >= 11 is 0. The van der Waals surface area contributed by atoms with Gasteiger partial charge in [-0.15, -0.1) is 0 Å². The van der Waals surface area contributed by atoms with E-state index in [1.807, 2.05) is 6.92 Å². The Labute approximate surface area is 65.0 Å². The van der Waals surface area contributed by atoms with Gasteiger partial charge < -0.3 is 5.32 Å². The van der Waals surface area contributed by atoms with Gasteiger partial charge in [-0.1, -0.05) is 0 Å². The molecule has 4 heteroatoms. The molecule has 2 N–H and O–H groups in total. The van der Waals surface area contributed by atoms with Crippen molar-refractivity contribution in [1.82, 2.24) is 15.5 Å². The van der Waals surface area contributed by atoms with E-state index in [0.717, 1.165) is 5.56 Å². The van der Waals surface area contributed by atoms with Crippen LogP contribution in [0.4, 0.5) is 0 Å². The zero-order chi connectivity index (χ0) is 8.27. The Kier molecular flexibility index (Phi) is 2.25. The van der Waals surface area contributed by atoms with Gasteiger partial charge in [-0.3, -0.25) is 9.89 Å². The van der Waals surface area contributed by atoms with Crippen molar-refractivity contribution in [3.05, 3.63) is 18.0 Å².